The quantitative estimate of drug-likeness (QED) is 0.0285. The van der Waals surface area contributed by atoms with Gasteiger partial charge in [0, 0.05) is 12.8 Å². The topological polar surface area (TPSA) is 108 Å². The Morgan fingerprint density at radius 2 is 0.893 bits per heavy atom. The molecule has 0 fully saturated rings. The van der Waals surface area contributed by atoms with Crippen LogP contribution in [0.3, 0.4) is 0 Å². The molecule has 0 aromatic heterocycles. The maximum Gasteiger partial charge on any atom is 0.472 e. The molecular weight excluding hydrogens is 723 g/mol. The van der Waals surface area contributed by atoms with Gasteiger partial charge in [-0.1, -0.05) is 162 Å². The molecular formula is C47H77O8P. The fourth-order valence-electron chi connectivity index (χ4n) is 5.34. The van der Waals surface area contributed by atoms with Crippen molar-refractivity contribution in [2.75, 3.05) is 19.8 Å². The molecule has 0 bridgehead atoms. The van der Waals surface area contributed by atoms with Gasteiger partial charge < -0.3 is 14.4 Å². The second-order valence-electron chi connectivity index (χ2n) is 13.6. The van der Waals surface area contributed by atoms with E-state index < -0.39 is 32.5 Å². The third kappa shape index (κ3) is 40.6. The van der Waals surface area contributed by atoms with E-state index in [-0.39, 0.29) is 26.1 Å². The molecule has 0 aromatic rings. The van der Waals surface area contributed by atoms with Gasteiger partial charge >= 0.3 is 19.8 Å². The second kappa shape index (κ2) is 41.6. The van der Waals surface area contributed by atoms with Crippen molar-refractivity contribution in [2.24, 2.45) is 0 Å². The number of unbranched alkanes of at least 4 members (excludes halogenated alkanes) is 10. The summed E-state index contributed by atoms with van der Waals surface area (Å²) in [5.41, 5.74) is 0. The maximum atomic E-state index is 12.6. The van der Waals surface area contributed by atoms with Crippen LogP contribution in [0.1, 0.15) is 162 Å². The first-order valence-electron chi connectivity index (χ1n) is 21.5. The number of hydrogen-bond donors (Lipinski definition) is 1. The van der Waals surface area contributed by atoms with Gasteiger partial charge in [-0.15, -0.1) is 0 Å². The van der Waals surface area contributed by atoms with Crippen molar-refractivity contribution in [2.45, 2.75) is 168 Å². The SMILES string of the molecule is CC/C=C\C/C=C\C/C=C\C/C=C\CCCCCCCCCCCCC(=O)OC(COC(=O)CC/C=C\C/C=C\C/C=C\C/C=C\CC)COP(=O)(O)OCC. The van der Waals surface area contributed by atoms with Gasteiger partial charge in [0.2, 0.25) is 0 Å². The Morgan fingerprint density at radius 3 is 1.36 bits per heavy atom. The molecule has 0 saturated carbocycles. The lowest BCUT2D eigenvalue weighted by Crippen LogP contribution is -2.29. The molecule has 0 radical (unpaired) electrons. The molecule has 0 amide bonds. The van der Waals surface area contributed by atoms with Gasteiger partial charge in [-0.3, -0.25) is 18.6 Å². The van der Waals surface area contributed by atoms with E-state index in [9.17, 15) is 19.0 Å². The number of carbonyl (C=O) groups is 2. The van der Waals surface area contributed by atoms with Crippen molar-refractivity contribution in [3.63, 3.8) is 0 Å². The highest BCUT2D eigenvalue weighted by molar-refractivity contribution is 7.47. The van der Waals surface area contributed by atoms with E-state index in [1.165, 1.54) is 38.5 Å². The normalized spacial score (nSPS) is 14.3. The molecule has 2 unspecified atom stereocenters. The van der Waals surface area contributed by atoms with Gasteiger partial charge in [-0.2, -0.15) is 0 Å². The first-order chi connectivity index (χ1) is 27.3. The summed E-state index contributed by atoms with van der Waals surface area (Å²) >= 11 is 0. The third-order valence-electron chi connectivity index (χ3n) is 8.40. The van der Waals surface area contributed by atoms with Gasteiger partial charge in [-0.05, 0) is 84.0 Å². The standard InChI is InChI=1S/C47H77O8P/c1-4-7-9-11-13-15-17-19-20-21-22-23-24-25-26-27-28-30-32-34-36-38-40-42-47(49)55-45(44-54-56(50,51)53-6-3)43-52-46(48)41-39-37-35-33-31-29-18-16-14-12-10-8-5-2/h7-10,13-16,19-20,22-23,29,31,35,37,45H,4-6,11-12,17-18,21,24-28,30,32-34,36,38-44H2,1-3H3,(H,50,51)/b9-7-,10-8-,15-13-,16-14-,20-19-,23-22-,31-29-,37-35-. The number of carbonyl (C=O) groups excluding carboxylic acids is 2. The summed E-state index contributed by atoms with van der Waals surface area (Å²) in [6, 6.07) is 0. The van der Waals surface area contributed by atoms with Crippen LogP contribution in [0.15, 0.2) is 97.2 Å². The summed E-state index contributed by atoms with van der Waals surface area (Å²) in [4.78, 5) is 34.7. The average molecular weight is 801 g/mol. The van der Waals surface area contributed by atoms with Gasteiger partial charge in [-0.25, -0.2) is 4.57 Å². The molecule has 318 valence electrons. The van der Waals surface area contributed by atoms with Crippen LogP contribution in [0.25, 0.3) is 0 Å². The van der Waals surface area contributed by atoms with E-state index in [1.54, 1.807) is 6.92 Å². The highest BCUT2D eigenvalue weighted by Gasteiger charge is 2.25. The highest BCUT2D eigenvalue weighted by atomic mass is 31.2. The number of hydrogen-bond acceptors (Lipinski definition) is 7. The van der Waals surface area contributed by atoms with E-state index in [1.807, 2.05) is 12.2 Å². The molecule has 0 aliphatic carbocycles. The Labute approximate surface area is 341 Å². The number of allylic oxidation sites excluding steroid dienone is 16. The van der Waals surface area contributed by atoms with Crippen LogP contribution >= 0.6 is 7.82 Å². The highest BCUT2D eigenvalue weighted by Crippen LogP contribution is 2.43. The fourth-order valence-corrected chi connectivity index (χ4v) is 6.09. The molecule has 0 spiro atoms. The van der Waals surface area contributed by atoms with Gasteiger partial charge in [0.25, 0.3) is 0 Å². The summed E-state index contributed by atoms with van der Waals surface area (Å²) in [5.74, 6) is -0.906. The monoisotopic (exact) mass is 801 g/mol. The molecule has 8 nitrogen and oxygen atoms in total. The van der Waals surface area contributed by atoms with E-state index >= 15 is 0 Å². The smallest absolute Gasteiger partial charge is 0.462 e. The number of phosphoric acid groups is 1. The average Bonchev–Trinajstić information content (AvgIpc) is 3.18. The molecule has 0 heterocycles. The Bertz CT molecular complexity index is 1230. The fraction of sp³-hybridized carbons (Fsp3) is 0.617. The van der Waals surface area contributed by atoms with Crippen molar-refractivity contribution >= 4 is 19.8 Å². The van der Waals surface area contributed by atoms with E-state index in [4.69, 9.17) is 18.5 Å². The van der Waals surface area contributed by atoms with Crippen LogP contribution < -0.4 is 0 Å². The van der Waals surface area contributed by atoms with Crippen LogP contribution in [0, 0.1) is 0 Å². The van der Waals surface area contributed by atoms with Crippen LogP contribution in [0.2, 0.25) is 0 Å². The first-order valence-corrected chi connectivity index (χ1v) is 23.0. The molecule has 0 aromatic carbocycles. The van der Waals surface area contributed by atoms with Crippen molar-refractivity contribution in [1.82, 2.24) is 0 Å². The van der Waals surface area contributed by atoms with Crippen molar-refractivity contribution in [1.29, 1.82) is 0 Å². The summed E-state index contributed by atoms with van der Waals surface area (Å²) in [6.07, 6.45) is 54.8. The minimum absolute atomic E-state index is 0.0161. The van der Waals surface area contributed by atoms with Crippen LogP contribution in [-0.4, -0.2) is 42.8 Å². The number of esters is 2. The van der Waals surface area contributed by atoms with E-state index in [2.05, 4.69) is 98.9 Å². The van der Waals surface area contributed by atoms with Crippen LogP contribution in [0.4, 0.5) is 0 Å². The Kier molecular flexibility index (Phi) is 39.3. The predicted octanol–water partition coefficient (Wildman–Crippen LogP) is 13.7. The number of rotatable bonds is 38. The lowest BCUT2D eigenvalue weighted by atomic mass is 10.0. The Hall–Kier alpha value is -3.03. The predicted molar refractivity (Wildman–Crippen MR) is 234 cm³/mol. The summed E-state index contributed by atoms with van der Waals surface area (Å²) in [5, 5.41) is 0. The minimum atomic E-state index is -4.30. The minimum Gasteiger partial charge on any atom is -0.462 e. The molecule has 2 atom stereocenters. The number of ether oxygens (including phenoxy) is 2. The zero-order valence-corrected chi connectivity index (χ0v) is 36.1. The third-order valence-corrected chi connectivity index (χ3v) is 9.46. The largest absolute Gasteiger partial charge is 0.472 e. The number of phosphoric ester groups is 1. The maximum absolute atomic E-state index is 12.6. The van der Waals surface area contributed by atoms with E-state index in [0.717, 1.165) is 77.0 Å². The molecule has 0 saturated heterocycles. The Balaban J connectivity index is 4.13. The molecule has 0 rings (SSSR count). The van der Waals surface area contributed by atoms with Gasteiger partial charge in [0.15, 0.2) is 6.10 Å². The lowest BCUT2D eigenvalue weighted by Gasteiger charge is -2.19. The van der Waals surface area contributed by atoms with E-state index in [0.29, 0.717) is 12.8 Å². The second-order valence-corrected chi connectivity index (χ2v) is 15.0. The van der Waals surface area contributed by atoms with Gasteiger partial charge in [0.1, 0.15) is 6.61 Å². The lowest BCUT2D eigenvalue weighted by molar-refractivity contribution is -0.161. The van der Waals surface area contributed by atoms with Crippen molar-refractivity contribution < 1.29 is 37.6 Å². The van der Waals surface area contributed by atoms with Crippen molar-refractivity contribution in [3.8, 4) is 0 Å². The van der Waals surface area contributed by atoms with Crippen molar-refractivity contribution in [3.05, 3.63) is 97.2 Å². The summed E-state index contributed by atoms with van der Waals surface area (Å²) in [7, 11) is -4.30. The zero-order valence-electron chi connectivity index (χ0n) is 35.2. The molecule has 0 aliphatic rings. The van der Waals surface area contributed by atoms with Crippen LogP contribution in [-0.2, 0) is 32.7 Å². The Morgan fingerprint density at radius 1 is 0.482 bits per heavy atom. The summed E-state index contributed by atoms with van der Waals surface area (Å²) < 4.78 is 32.5. The van der Waals surface area contributed by atoms with Crippen LogP contribution in [0.5, 0.6) is 0 Å². The van der Waals surface area contributed by atoms with Gasteiger partial charge in [0.05, 0.1) is 13.2 Å². The summed E-state index contributed by atoms with van der Waals surface area (Å²) in [6.45, 7) is 5.14. The first kappa shape index (κ1) is 53.0. The molecule has 56 heavy (non-hydrogen) atoms. The molecule has 9 heteroatoms. The molecule has 0 aliphatic heterocycles. The molecule has 1 N–H and O–H groups in total. The zero-order chi connectivity index (χ0) is 41.1.